The predicted octanol–water partition coefficient (Wildman–Crippen LogP) is 10.4. The van der Waals surface area contributed by atoms with Gasteiger partial charge in [0.25, 0.3) is 0 Å². The van der Waals surface area contributed by atoms with Crippen LogP contribution >= 0.6 is 0 Å². The van der Waals surface area contributed by atoms with Crippen molar-refractivity contribution in [3.63, 3.8) is 0 Å². The lowest BCUT2D eigenvalue weighted by Gasteiger charge is -2.29. The Morgan fingerprint density at radius 1 is 0.611 bits per heavy atom. The van der Waals surface area contributed by atoms with Crippen LogP contribution in [0, 0.1) is 29.2 Å². The van der Waals surface area contributed by atoms with Crippen LogP contribution in [0.25, 0.3) is 22.3 Å². The van der Waals surface area contributed by atoms with Crippen molar-refractivity contribution >= 4 is 0 Å². The summed E-state index contributed by atoms with van der Waals surface area (Å²) in [6, 6.07) is 13.1. The number of hydrogen-bond donors (Lipinski definition) is 0. The number of benzene rings is 3. The zero-order valence-electron chi connectivity index (χ0n) is 21.4. The lowest BCUT2D eigenvalue weighted by atomic mass is 9.76. The second kappa shape index (κ2) is 12.1. The Balaban J connectivity index is 1.49. The highest BCUT2D eigenvalue weighted by molar-refractivity contribution is 5.71. The average molecular weight is 497 g/mol. The monoisotopic (exact) mass is 496 g/mol. The van der Waals surface area contributed by atoms with Crippen LogP contribution in [0.4, 0.5) is 17.6 Å². The molecule has 3 aromatic carbocycles. The molecule has 3 aromatic rings. The van der Waals surface area contributed by atoms with E-state index in [0.29, 0.717) is 34.6 Å². The van der Waals surface area contributed by atoms with Gasteiger partial charge in [-0.25, -0.2) is 17.6 Å². The van der Waals surface area contributed by atoms with Crippen LogP contribution in [0.15, 0.2) is 48.5 Å². The first kappa shape index (κ1) is 26.4. The minimum atomic E-state index is -0.879. The van der Waals surface area contributed by atoms with Crippen LogP contribution in [0.5, 0.6) is 0 Å². The van der Waals surface area contributed by atoms with E-state index in [1.807, 2.05) is 6.92 Å². The summed E-state index contributed by atoms with van der Waals surface area (Å²) < 4.78 is 59.4. The molecular weight excluding hydrogens is 460 g/mol. The van der Waals surface area contributed by atoms with E-state index in [0.717, 1.165) is 32.1 Å². The van der Waals surface area contributed by atoms with Gasteiger partial charge in [-0.1, -0.05) is 94.5 Å². The molecule has 0 aromatic heterocycles. The second-order valence-corrected chi connectivity index (χ2v) is 10.3. The van der Waals surface area contributed by atoms with E-state index in [-0.39, 0.29) is 17.0 Å². The van der Waals surface area contributed by atoms with Gasteiger partial charge in [0.15, 0.2) is 23.3 Å². The molecule has 0 unspecified atom stereocenters. The maximum absolute atomic E-state index is 15.2. The van der Waals surface area contributed by atoms with Crippen molar-refractivity contribution in [2.45, 2.75) is 84.0 Å². The molecule has 0 saturated heterocycles. The van der Waals surface area contributed by atoms with Gasteiger partial charge in [-0.05, 0) is 66.2 Å². The standard InChI is InChI=1S/C32H36F4/c1-3-5-6-8-21-9-11-22(12-10-21)27-19-20-28(32(36)31(27)35)24-15-13-23(14-16-24)26-18-17-25(7-4-2)29(33)30(26)34/h13-22H,3-12H2,1-2H3. The molecule has 36 heavy (non-hydrogen) atoms. The van der Waals surface area contributed by atoms with E-state index in [1.54, 1.807) is 48.5 Å². The molecule has 4 heteroatoms. The summed E-state index contributed by atoms with van der Waals surface area (Å²) in [5.74, 6) is -2.53. The van der Waals surface area contributed by atoms with Gasteiger partial charge < -0.3 is 0 Å². The van der Waals surface area contributed by atoms with Crippen LogP contribution < -0.4 is 0 Å². The minimum Gasteiger partial charge on any atom is -0.203 e. The summed E-state index contributed by atoms with van der Waals surface area (Å²) in [6.07, 6.45) is 10.1. The van der Waals surface area contributed by atoms with Crippen LogP contribution in [-0.4, -0.2) is 0 Å². The quantitative estimate of drug-likeness (QED) is 0.204. The predicted molar refractivity (Wildman–Crippen MR) is 140 cm³/mol. The number of unbranched alkanes of at least 4 members (excludes halogenated alkanes) is 2. The van der Waals surface area contributed by atoms with E-state index < -0.39 is 23.3 Å². The Kier molecular flexibility index (Phi) is 8.87. The molecule has 0 radical (unpaired) electrons. The molecule has 0 N–H and O–H groups in total. The molecule has 0 heterocycles. The number of halogens is 4. The molecule has 0 aliphatic heterocycles. The van der Waals surface area contributed by atoms with Crippen LogP contribution in [-0.2, 0) is 6.42 Å². The molecule has 4 rings (SSSR count). The molecule has 0 bridgehead atoms. The third-order valence-electron chi connectivity index (χ3n) is 7.80. The fourth-order valence-electron chi connectivity index (χ4n) is 5.65. The molecule has 192 valence electrons. The SMILES string of the molecule is CCCCCC1CCC(c2ccc(-c3ccc(-c4ccc(CCC)c(F)c4F)cc3)c(F)c2F)CC1. The van der Waals surface area contributed by atoms with Crippen molar-refractivity contribution in [1.82, 2.24) is 0 Å². The fraction of sp³-hybridized carbons (Fsp3) is 0.438. The van der Waals surface area contributed by atoms with E-state index in [4.69, 9.17) is 0 Å². The second-order valence-electron chi connectivity index (χ2n) is 10.3. The topological polar surface area (TPSA) is 0 Å². The normalized spacial score (nSPS) is 17.9. The first-order chi connectivity index (χ1) is 17.4. The summed E-state index contributed by atoms with van der Waals surface area (Å²) >= 11 is 0. The zero-order chi connectivity index (χ0) is 25.7. The Bertz CT molecular complexity index is 1160. The molecule has 0 nitrogen and oxygen atoms in total. The molecule has 1 aliphatic carbocycles. The van der Waals surface area contributed by atoms with Crippen LogP contribution in [0.3, 0.4) is 0 Å². The van der Waals surface area contributed by atoms with Gasteiger partial charge in [-0.3, -0.25) is 0 Å². The first-order valence-electron chi connectivity index (χ1n) is 13.5. The Morgan fingerprint density at radius 2 is 1.19 bits per heavy atom. The Labute approximate surface area is 212 Å². The lowest BCUT2D eigenvalue weighted by Crippen LogP contribution is -2.15. The smallest absolute Gasteiger partial charge is 0.166 e. The van der Waals surface area contributed by atoms with Gasteiger partial charge in [-0.2, -0.15) is 0 Å². The molecule has 1 aliphatic rings. The summed E-state index contributed by atoms with van der Waals surface area (Å²) in [7, 11) is 0. The summed E-state index contributed by atoms with van der Waals surface area (Å²) in [5, 5.41) is 0. The average Bonchev–Trinajstić information content (AvgIpc) is 2.90. The molecule has 0 spiro atoms. The minimum absolute atomic E-state index is 0.0619. The van der Waals surface area contributed by atoms with Crippen molar-refractivity contribution in [3.8, 4) is 22.3 Å². The van der Waals surface area contributed by atoms with Crippen molar-refractivity contribution in [1.29, 1.82) is 0 Å². The van der Waals surface area contributed by atoms with Crippen LogP contribution in [0.2, 0.25) is 0 Å². The van der Waals surface area contributed by atoms with E-state index in [1.165, 1.54) is 25.7 Å². The van der Waals surface area contributed by atoms with E-state index in [2.05, 4.69) is 6.92 Å². The zero-order valence-corrected chi connectivity index (χ0v) is 21.4. The van der Waals surface area contributed by atoms with E-state index >= 15 is 8.78 Å². The first-order valence-corrected chi connectivity index (χ1v) is 13.5. The fourth-order valence-corrected chi connectivity index (χ4v) is 5.65. The molecule has 1 fully saturated rings. The van der Waals surface area contributed by atoms with Crippen molar-refractivity contribution in [2.24, 2.45) is 5.92 Å². The van der Waals surface area contributed by atoms with Gasteiger partial charge >= 0.3 is 0 Å². The third-order valence-corrected chi connectivity index (χ3v) is 7.80. The van der Waals surface area contributed by atoms with Gasteiger partial charge in [-0.15, -0.1) is 0 Å². The van der Waals surface area contributed by atoms with Crippen molar-refractivity contribution in [2.75, 3.05) is 0 Å². The van der Waals surface area contributed by atoms with Gasteiger partial charge in [0.05, 0.1) is 0 Å². The highest BCUT2D eigenvalue weighted by atomic mass is 19.2. The maximum Gasteiger partial charge on any atom is 0.166 e. The van der Waals surface area contributed by atoms with Gasteiger partial charge in [0.2, 0.25) is 0 Å². The Hall–Kier alpha value is -2.62. The van der Waals surface area contributed by atoms with Gasteiger partial charge in [0, 0.05) is 11.1 Å². The third kappa shape index (κ3) is 5.68. The number of rotatable bonds is 9. The highest BCUT2D eigenvalue weighted by Gasteiger charge is 2.26. The lowest BCUT2D eigenvalue weighted by molar-refractivity contribution is 0.298. The maximum atomic E-state index is 15.2. The summed E-state index contributed by atoms with van der Waals surface area (Å²) in [6.45, 7) is 4.12. The van der Waals surface area contributed by atoms with Crippen molar-refractivity contribution < 1.29 is 17.6 Å². The van der Waals surface area contributed by atoms with E-state index in [9.17, 15) is 8.78 Å². The number of hydrogen-bond acceptors (Lipinski definition) is 0. The molecular formula is C32H36F4. The largest absolute Gasteiger partial charge is 0.203 e. The number of aryl methyl sites for hydroxylation is 1. The van der Waals surface area contributed by atoms with Crippen molar-refractivity contribution in [3.05, 3.63) is 82.9 Å². The highest BCUT2D eigenvalue weighted by Crippen LogP contribution is 2.40. The Morgan fingerprint density at radius 3 is 1.78 bits per heavy atom. The van der Waals surface area contributed by atoms with Gasteiger partial charge in [0.1, 0.15) is 0 Å². The molecule has 1 saturated carbocycles. The summed E-state index contributed by atoms with van der Waals surface area (Å²) in [4.78, 5) is 0. The summed E-state index contributed by atoms with van der Waals surface area (Å²) in [5.41, 5.74) is 2.17. The molecule has 0 amide bonds. The van der Waals surface area contributed by atoms with Crippen LogP contribution in [0.1, 0.15) is 88.7 Å². The molecule has 0 atom stereocenters.